The highest BCUT2D eigenvalue weighted by Crippen LogP contribution is 2.10. The molecule has 1 fully saturated rings. The van der Waals surface area contributed by atoms with Gasteiger partial charge in [-0.05, 0) is 13.8 Å². The van der Waals surface area contributed by atoms with Crippen molar-refractivity contribution in [2.45, 2.75) is 32.4 Å². The van der Waals surface area contributed by atoms with Crippen LogP contribution in [0, 0.1) is 0 Å². The van der Waals surface area contributed by atoms with Gasteiger partial charge in [0.1, 0.15) is 6.61 Å². The third-order valence-corrected chi connectivity index (χ3v) is 3.34. The van der Waals surface area contributed by atoms with Crippen molar-refractivity contribution < 1.29 is 14.3 Å². The highest BCUT2D eigenvalue weighted by molar-refractivity contribution is 7.99. The lowest BCUT2D eigenvalue weighted by molar-refractivity contribution is -0.146. The molecule has 0 saturated carbocycles. The van der Waals surface area contributed by atoms with Crippen molar-refractivity contribution in [2.75, 3.05) is 31.3 Å². The van der Waals surface area contributed by atoms with Crippen molar-refractivity contribution in [3.63, 3.8) is 0 Å². The van der Waals surface area contributed by atoms with Gasteiger partial charge in [0.2, 0.25) is 0 Å². The maximum absolute atomic E-state index is 11.4. The lowest BCUT2D eigenvalue weighted by Gasteiger charge is -2.22. The Morgan fingerprint density at radius 3 is 2.94 bits per heavy atom. The number of nitrogens with one attached hydrogen (secondary N) is 1. The smallest absolute Gasteiger partial charge is 0.307 e. The van der Waals surface area contributed by atoms with Gasteiger partial charge in [0.05, 0.1) is 19.1 Å². The Labute approximate surface area is 101 Å². The van der Waals surface area contributed by atoms with Gasteiger partial charge in [-0.15, -0.1) is 0 Å². The van der Waals surface area contributed by atoms with E-state index in [-0.39, 0.29) is 18.1 Å². The summed E-state index contributed by atoms with van der Waals surface area (Å²) in [7, 11) is 0. The third-order valence-electron chi connectivity index (χ3n) is 2.21. The number of thioether (sulfide) groups is 1. The van der Waals surface area contributed by atoms with Gasteiger partial charge in [0, 0.05) is 24.1 Å². The lowest BCUT2D eigenvalue weighted by Crippen LogP contribution is -2.39. The van der Waals surface area contributed by atoms with Crippen LogP contribution in [0.15, 0.2) is 0 Å². The molecule has 5 heteroatoms. The van der Waals surface area contributed by atoms with E-state index < -0.39 is 0 Å². The maximum Gasteiger partial charge on any atom is 0.307 e. The summed E-state index contributed by atoms with van der Waals surface area (Å²) in [6.07, 6.45) is 0.657. The number of ether oxygens (including phenoxy) is 2. The van der Waals surface area contributed by atoms with E-state index in [1.165, 1.54) is 0 Å². The Hall–Kier alpha value is -0.260. The molecule has 1 N–H and O–H groups in total. The minimum atomic E-state index is -0.132. The van der Waals surface area contributed by atoms with E-state index in [2.05, 4.69) is 5.32 Å². The van der Waals surface area contributed by atoms with Crippen LogP contribution < -0.4 is 5.32 Å². The molecule has 1 saturated heterocycles. The molecule has 1 aliphatic rings. The van der Waals surface area contributed by atoms with Gasteiger partial charge in [-0.1, -0.05) is 0 Å². The van der Waals surface area contributed by atoms with Crippen LogP contribution in [-0.2, 0) is 14.3 Å². The van der Waals surface area contributed by atoms with Gasteiger partial charge in [-0.2, -0.15) is 11.8 Å². The minimum absolute atomic E-state index is 0.132. The first-order valence-electron chi connectivity index (χ1n) is 5.77. The average Bonchev–Trinajstić information content (AvgIpc) is 2.25. The van der Waals surface area contributed by atoms with Crippen molar-refractivity contribution in [3.05, 3.63) is 0 Å². The minimum Gasteiger partial charge on any atom is -0.463 e. The number of esters is 1. The summed E-state index contributed by atoms with van der Waals surface area (Å²) < 4.78 is 10.4. The van der Waals surface area contributed by atoms with Crippen molar-refractivity contribution in [2.24, 2.45) is 0 Å². The Morgan fingerprint density at radius 1 is 1.50 bits per heavy atom. The first kappa shape index (κ1) is 13.8. The van der Waals surface area contributed by atoms with E-state index in [0.29, 0.717) is 19.6 Å². The Morgan fingerprint density at radius 2 is 2.31 bits per heavy atom. The van der Waals surface area contributed by atoms with Gasteiger partial charge < -0.3 is 14.8 Å². The highest BCUT2D eigenvalue weighted by Gasteiger charge is 2.17. The lowest BCUT2D eigenvalue weighted by atomic mass is 10.2. The van der Waals surface area contributed by atoms with Gasteiger partial charge in [0.25, 0.3) is 0 Å². The van der Waals surface area contributed by atoms with E-state index in [4.69, 9.17) is 9.47 Å². The molecule has 0 spiro atoms. The molecule has 0 radical (unpaired) electrons. The second-order valence-corrected chi connectivity index (χ2v) is 5.22. The molecule has 0 aromatic rings. The van der Waals surface area contributed by atoms with Crippen molar-refractivity contribution >= 4 is 17.7 Å². The van der Waals surface area contributed by atoms with E-state index in [1.54, 1.807) is 0 Å². The molecule has 0 aromatic carbocycles. The fraction of sp³-hybridized carbons (Fsp3) is 0.909. The van der Waals surface area contributed by atoms with E-state index in [1.807, 2.05) is 25.6 Å². The van der Waals surface area contributed by atoms with Crippen LogP contribution in [0.3, 0.4) is 0 Å². The van der Waals surface area contributed by atoms with Crippen molar-refractivity contribution in [1.29, 1.82) is 0 Å². The molecule has 0 aromatic heterocycles. The predicted molar refractivity (Wildman–Crippen MR) is 65.8 cm³/mol. The third kappa shape index (κ3) is 6.35. The van der Waals surface area contributed by atoms with Crippen LogP contribution in [0.2, 0.25) is 0 Å². The molecule has 0 bridgehead atoms. The predicted octanol–water partition coefficient (Wildman–Crippen LogP) is 1.05. The number of hydrogen-bond donors (Lipinski definition) is 1. The zero-order chi connectivity index (χ0) is 11.8. The largest absolute Gasteiger partial charge is 0.463 e. The van der Waals surface area contributed by atoms with Crippen LogP contribution in [0.4, 0.5) is 0 Å². The maximum atomic E-state index is 11.4. The summed E-state index contributed by atoms with van der Waals surface area (Å²) in [6, 6.07) is 0.275. The average molecular weight is 247 g/mol. The van der Waals surface area contributed by atoms with Crippen molar-refractivity contribution in [3.8, 4) is 0 Å². The zero-order valence-corrected chi connectivity index (χ0v) is 10.8. The topological polar surface area (TPSA) is 47.6 Å². The Bertz CT molecular complexity index is 205. The summed E-state index contributed by atoms with van der Waals surface area (Å²) in [5.41, 5.74) is 0. The highest BCUT2D eigenvalue weighted by atomic mass is 32.2. The number of carbonyl (C=O) groups excluding carboxylic acids is 1. The summed E-state index contributed by atoms with van der Waals surface area (Å²) in [5.74, 6) is 2.00. The first-order chi connectivity index (χ1) is 7.68. The van der Waals surface area contributed by atoms with Gasteiger partial charge >= 0.3 is 5.97 Å². The number of rotatable bonds is 6. The van der Waals surface area contributed by atoms with E-state index >= 15 is 0 Å². The fourth-order valence-electron chi connectivity index (χ4n) is 1.45. The van der Waals surface area contributed by atoms with Gasteiger partial charge in [-0.25, -0.2) is 0 Å². The van der Waals surface area contributed by atoms with Gasteiger partial charge in [-0.3, -0.25) is 4.79 Å². The molecule has 1 aliphatic heterocycles. The second-order valence-electron chi connectivity index (χ2n) is 4.07. The van der Waals surface area contributed by atoms with Crippen LogP contribution in [0.25, 0.3) is 0 Å². The standard InChI is InChI=1S/C11H21NO3S/c1-9(2)14-4-5-15-11(13)7-10-8-16-6-3-12-10/h9-10,12H,3-8H2,1-2H3. The summed E-state index contributed by atoms with van der Waals surface area (Å²) in [4.78, 5) is 11.4. The van der Waals surface area contributed by atoms with Crippen LogP contribution in [-0.4, -0.2) is 49.4 Å². The van der Waals surface area contributed by atoms with E-state index in [9.17, 15) is 4.79 Å². The molecule has 0 aliphatic carbocycles. The van der Waals surface area contributed by atoms with Gasteiger partial charge in [0.15, 0.2) is 0 Å². The number of carbonyl (C=O) groups is 1. The second kappa shape index (κ2) is 7.92. The Kier molecular flexibility index (Phi) is 6.84. The molecule has 1 atom stereocenters. The number of hydrogen-bond acceptors (Lipinski definition) is 5. The first-order valence-corrected chi connectivity index (χ1v) is 6.92. The fourth-order valence-corrected chi connectivity index (χ4v) is 2.40. The summed E-state index contributed by atoms with van der Waals surface area (Å²) in [6.45, 7) is 5.75. The molecule has 94 valence electrons. The van der Waals surface area contributed by atoms with Crippen molar-refractivity contribution in [1.82, 2.24) is 5.32 Å². The molecular formula is C11H21NO3S. The molecule has 1 heterocycles. The molecule has 16 heavy (non-hydrogen) atoms. The Balaban J connectivity index is 2.01. The molecule has 1 rings (SSSR count). The monoisotopic (exact) mass is 247 g/mol. The summed E-state index contributed by atoms with van der Waals surface area (Å²) >= 11 is 1.88. The van der Waals surface area contributed by atoms with Crippen LogP contribution >= 0.6 is 11.8 Å². The molecule has 1 unspecified atom stereocenters. The molecule has 0 amide bonds. The summed E-state index contributed by atoms with van der Waals surface area (Å²) in [5, 5.41) is 3.31. The van der Waals surface area contributed by atoms with Crippen LogP contribution in [0.5, 0.6) is 0 Å². The normalized spacial score (nSPS) is 21.1. The SMILES string of the molecule is CC(C)OCCOC(=O)CC1CSCCN1. The van der Waals surface area contributed by atoms with E-state index in [0.717, 1.165) is 18.1 Å². The van der Waals surface area contributed by atoms with Crippen LogP contribution in [0.1, 0.15) is 20.3 Å². The quantitative estimate of drug-likeness (QED) is 0.561. The molecule has 4 nitrogen and oxygen atoms in total. The zero-order valence-electron chi connectivity index (χ0n) is 10.0. The molecular weight excluding hydrogens is 226 g/mol.